The Hall–Kier alpha value is -3.79. The molecule has 1 N–H and O–H groups in total. The second-order valence-corrected chi connectivity index (χ2v) is 7.51. The molecule has 0 radical (unpaired) electrons. The van der Waals surface area contributed by atoms with Crippen LogP contribution in [0.2, 0.25) is 0 Å². The Labute approximate surface area is 172 Å². The first-order valence-electron chi connectivity index (χ1n) is 9.03. The summed E-state index contributed by atoms with van der Waals surface area (Å²) in [6.07, 6.45) is 1.47. The van der Waals surface area contributed by atoms with Gasteiger partial charge in [0.25, 0.3) is 5.56 Å². The summed E-state index contributed by atoms with van der Waals surface area (Å²) >= 11 is 1.22. The van der Waals surface area contributed by atoms with Crippen LogP contribution in [0.5, 0.6) is 11.5 Å². The molecule has 0 saturated carbocycles. The molecule has 0 saturated heterocycles. The van der Waals surface area contributed by atoms with E-state index in [0.29, 0.717) is 33.2 Å². The van der Waals surface area contributed by atoms with Crippen LogP contribution in [0.4, 0.5) is 5.69 Å². The van der Waals surface area contributed by atoms with Gasteiger partial charge >= 0.3 is 5.69 Å². The summed E-state index contributed by atoms with van der Waals surface area (Å²) in [4.78, 5) is 38.5. The number of hydrogen-bond acceptors (Lipinski definition) is 7. The summed E-state index contributed by atoms with van der Waals surface area (Å²) in [7, 11) is 0. The van der Waals surface area contributed by atoms with Gasteiger partial charge in [0, 0.05) is 11.8 Å². The van der Waals surface area contributed by atoms with Crippen molar-refractivity contribution in [3.63, 3.8) is 0 Å². The minimum atomic E-state index is -0.580. The largest absolute Gasteiger partial charge is 0.467 e. The quantitative estimate of drug-likeness (QED) is 0.526. The molecule has 1 amide bonds. The molecule has 152 valence electrons. The van der Waals surface area contributed by atoms with Gasteiger partial charge in [-0.05, 0) is 35.7 Å². The van der Waals surface area contributed by atoms with Crippen molar-refractivity contribution in [3.05, 3.63) is 74.6 Å². The standard InChI is InChI=1S/C20H15N3O6S/c24-17(21-12-3-4-15-16(8-12)29-11-28-15)10-22-14-5-7-30-18(14)19(25)23(20(22)26)9-13-2-1-6-27-13/h1-8H,9-11H2,(H,21,24). The fourth-order valence-electron chi connectivity index (χ4n) is 3.30. The van der Waals surface area contributed by atoms with Crippen LogP contribution in [0.25, 0.3) is 10.2 Å². The SMILES string of the molecule is O=C(Cn1c(=O)n(Cc2ccco2)c(=O)c2sccc21)Nc1ccc2c(c1)OCO2. The number of anilines is 1. The van der Waals surface area contributed by atoms with Crippen LogP contribution < -0.4 is 26.0 Å². The third-order valence-electron chi connectivity index (χ3n) is 4.69. The molecule has 1 aliphatic heterocycles. The Balaban J connectivity index is 1.47. The number of nitrogens with one attached hydrogen (secondary N) is 1. The van der Waals surface area contributed by atoms with Gasteiger partial charge in [-0.1, -0.05) is 0 Å². The van der Waals surface area contributed by atoms with Crippen molar-refractivity contribution in [1.29, 1.82) is 0 Å². The van der Waals surface area contributed by atoms with Gasteiger partial charge in [0.15, 0.2) is 11.5 Å². The highest BCUT2D eigenvalue weighted by atomic mass is 32.1. The number of nitrogens with zero attached hydrogens (tertiary/aromatic N) is 2. The first-order valence-corrected chi connectivity index (χ1v) is 9.91. The lowest BCUT2D eigenvalue weighted by Crippen LogP contribution is -2.41. The molecule has 0 aliphatic carbocycles. The zero-order valence-electron chi connectivity index (χ0n) is 15.5. The van der Waals surface area contributed by atoms with Crippen molar-refractivity contribution < 1.29 is 18.7 Å². The van der Waals surface area contributed by atoms with E-state index in [-0.39, 0.29) is 19.9 Å². The Morgan fingerprint density at radius 1 is 1.10 bits per heavy atom. The monoisotopic (exact) mass is 425 g/mol. The van der Waals surface area contributed by atoms with Crippen LogP contribution in [-0.2, 0) is 17.9 Å². The molecule has 3 aromatic heterocycles. The van der Waals surface area contributed by atoms with Gasteiger partial charge in [-0.25, -0.2) is 4.79 Å². The predicted octanol–water partition coefficient (Wildman–Crippen LogP) is 2.23. The van der Waals surface area contributed by atoms with E-state index in [1.165, 1.54) is 22.2 Å². The van der Waals surface area contributed by atoms with Crippen molar-refractivity contribution in [2.75, 3.05) is 12.1 Å². The number of amides is 1. The van der Waals surface area contributed by atoms with E-state index in [1.54, 1.807) is 41.8 Å². The van der Waals surface area contributed by atoms with Crippen molar-refractivity contribution >= 4 is 33.1 Å². The smallest absolute Gasteiger partial charge is 0.332 e. The highest BCUT2D eigenvalue weighted by Gasteiger charge is 2.18. The Morgan fingerprint density at radius 2 is 1.97 bits per heavy atom. The maximum atomic E-state index is 13.0. The van der Waals surface area contributed by atoms with E-state index in [9.17, 15) is 14.4 Å². The maximum Gasteiger partial charge on any atom is 0.332 e. The minimum Gasteiger partial charge on any atom is -0.467 e. The van der Waals surface area contributed by atoms with E-state index in [0.717, 1.165) is 4.57 Å². The van der Waals surface area contributed by atoms with E-state index < -0.39 is 17.2 Å². The van der Waals surface area contributed by atoms with Crippen molar-refractivity contribution in [2.45, 2.75) is 13.1 Å². The summed E-state index contributed by atoms with van der Waals surface area (Å²) in [5.74, 6) is 1.21. The average Bonchev–Trinajstić information content (AvgIpc) is 3.49. The Morgan fingerprint density at radius 3 is 2.80 bits per heavy atom. The number of hydrogen-bond donors (Lipinski definition) is 1. The molecule has 1 aromatic carbocycles. The number of furan rings is 1. The molecule has 0 fully saturated rings. The van der Waals surface area contributed by atoms with Crippen LogP contribution in [0.15, 0.2) is 62.0 Å². The second kappa shape index (κ2) is 7.23. The van der Waals surface area contributed by atoms with Gasteiger partial charge in [-0.3, -0.25) is 18.7 Å². The van der Waals surface area contributed by atoms with Crippen LogP contribution in [0.1, 0.15) is 5.76 Å². The number of thiophene rings is 1. The number of benzene rings is 1. The predicted molar refractivity (Wildman–Crippen MR) is 109 cm³/mol. The Bertz CT molecular complexity index is 1370. The van der Waals surface area contributed by atoms with Gasteiger partial charge in [0.2, 0.25) is 12.7 Å². The molecule has 0 atom stereocenters. The second-order valence-electron chi connectivity index (χ2n) is 6.59. The highest BCUT2D eigenvalue weighted by molar-refractivity contribution is 7.17. The van der Waals surface area contributed by atoms with E-state index in [2.05, 4.69) is 5.32 Å². The number of rotatable bonds is 5. The van der Waals surface area contributed by atoms with Gasteiger partial charge < -0.3 is 19.2 Å². The van der Waals surface area contributed by atoms with E-state index >= 15 is 0 Å². The lowest BCUT2D eigenvalue weighted by molar-refractivity contribution is -0.116. The van der Waals surface area contributed by atoms with Crippen LogP contribution in [0.3, 0.4) is 0 Å². The summed E-state index contributed by atoms with van der Waals surface area (Å²) < 4.78 is 18.6. The first kappa shape index (κ1) is 18.3. The van der Waals surface area contributed by atoms with Crippen LogP contribution in [0, 0.1) is 0 Å². The molecule has 5 rings (SSSR count). The lowest BCUT2D eigenvalue weighted by Gasteiger charge is -2.12. The highest BCUT2D eigenvalue weighted by Crippen LogP contribution is 2.34. The van der Waals surface area contributed by atoms with E-state index in [4.69, 9.17) is 13.9 Å². The number of ether oxygens (including phenoxy) is 2. The van der Waals surface area contributed by atoms with Crippen LogP contribution >= 0.6 is 11.3 Å². The normalized spacial score (nSPS) is 12.4. The van der Waals surface area contributed by atoms with Gasteiger partial charge in [-0.2, -0.15) is 0 Å². The lowest BCUT2D eigenvalue weighted by atomic mass is 10.2. The Kier molecular flexibility index (Phi) is 4.40. The molecule has 1 aliphatic rings. The zero-order chi connectivity index (χ0) is 20.7. The topological polar surface area (TPSA) is 105 Å². The molecule has 0 unspecified atom stereocenters. The third kappa shape index (κ3) is 3.16. The molecule has 30 heavy (non-hydrogen) atoms. The average molecular weight is 425 g/mol. The van der Waals surface area contributed by atoms with Gasteiger partial charge in [0.1, 0.15) is 17.0 Å². The molecule has 10 heteroatoms. The van der Waals surface area contributed by atoms with Gasteiger partial charge in [0.05, 0.1) is 18.3 Å². The fourth-order valence-corrected chi connectivity index (χ4v) is 4.15. The number of fused-ring (bicyclic) bond motifs is 2. The van der Waals surface area contributed by atoms with Crippen molar-refractivity contribution in [3.8, 4) is 11.5 Å². The van der Waals surface area contributed by atoms with Crippen LogP contribution in [-0.4, -0.2) is 21.8 Å². The summed E-state index contributed by atoms with van der Waals surface area (Å²) in [6.45, 7) is -0.128. The minimum absolute atomic E-state index is 0.0116. The van der Waals surface area contributed by atoms with Gasteiger partial charge in [-0.15, -0.1) is 11.3 Å². The molecule has 0 spiro atoms. The first-order chi connectivity index (χ1) is 14.6. The molecule has 4 heterocycles. The summed E-state index contributed by atoms with van der Waals surface area (Å²) in [5, 5.41) is 4.46. The molecule has 9 nitrogen and oxygen atoms in total. The number of carbonyl (C=O) groups excluding carboxylic acids is 1. The summed E-state index contributed by atoms with van der Waals surface area (Å²) in [6, 6.07) is 10.1. The molecular formula is C20H15N3O6S. The summed E-state index contributed by atoms with van der Waals surface area (Å²) in [5.41, 5.74) is -0.0498. The molecule has 0 bridgehead atoms. The number of aromatic nitrogens is 2. The van der Waals surface area contributed by atoms with Crippen molar-refractivity contribution in [2.24, 2.45) is 0 Å². The van der Waals surface area contributed by atoms with Crippen molar-refractivity contribution in [1.82, 2.24) is 9.13 Å². The fraction of sp³-hybridized carbons (Fsp3) is 0.150. The molecule has 4 aromatic rings. The maximum absolute atomic E-state index is 13.0. The van der Waals surface area contributed by atoms with E-state index in [1.807, 2.05) is 0 Å². The number of carbonyl (C=O) groups is 1. The molecular weight excluding hydrogens is 410 g/mol. The zero-order valence-corrected chi connectivity index (χ0v) is 16.3. The third-order valence-corrected chi connectivity index (χ3v) is 5.58.